The number of rotatable bonds is 5. The zero-order valence-corrected chi connectivity index (χ0v) is 11.2. The largest absolute Gasteiger partial charge is 0.477 e. The predicted molar refractivity (Wildman–Crippen MR) is 79.4 cm³/mol. The summed E-state index contributed by atoms with van der Waals surface area (Å²) in [6, 6.07) is 11.6. The highest BCUT2D eigenvalue weighted by Crippen LogP contribution is 2.27. The average molecular weight is 283 g/mol. The fourth-order valence-electron chi connectivity index (χ4n) is 2.04. The minimum absolute atomic E-state index is 0.313. The van der Waals surface area contributed by atoms with Crippen molar-refractivity contribution in [2.75, 3.05) is 0 Å². The summed E-state index contributed by atoms with van der Waals surface area (Å²) in [7, 11) is 0. The van der Waals surface area contributed by atoms with E-state index in [2.05, 4.69) is 6.58 Å². The molecule has 0 aromatic heterocycles. The Balaban J connectivity index is 2.44. The molecule has 2 rings (SSSR count). The Bertz CT molecular complexity index is 705. The van der Waals surface area contributed by atoms with Gasteiger partial charge in [0, 0.05) is 6.07 Å². The van der Waals surface area contributed by atoms with Crippen LogP contribution in [-0.4, -0.2) is 16.0 Å². The fourth-order valence-corrected chi connectivity index (χ4v) is 2.04. The Morgan fingerprint density at radius 1 is 1.19 bits per heavy atom. The summed E-state index contributed by atoms with van der Waals surface area (Å²) in [5.74, 6) is -1.31. The molecule has 0 fully saturated rings. The van der Waals surface area contributed by atoms with Crippen LogP contribution < -0.4 is 0 Å². The molecule has 2 aromatic carbocycles. The molecular formula is C16H13NO4. The number of carboxylic acid groups (broad SMARTS) is 1. The lowest BCUT2D eigenvalue weighted by Crippen LogP contribution is -2.02. The van der Waals surface area contributed by atoms with Gasteiger partial charge in [0.15, 0.2) is 0 Å². The molecule has 0 radical (unpaired) electrons. The van der Waals surface area contributed by atoms with Gasteiger partial charge in [-0.05, 0) is 29.2 Å². The third kappa shape index (κ3) is 3.14. The molecule has 0 aliphatic carbocycles. The summed E-state index contributed by atoms with van der Waals surface area (Å²) in [6.07, 6.45) is 2.54. The lowest BCUT2D eigenvalue weighted by molar-refractivity contribution is -0.385. The van der Waals surface area contributed by atoms with Crippen LogP contribution in [0.2, 0.25) is 0 Å². The van der Waals surface area contributed by atoms with Crippen LogP contribution in [0.4, 0.5) is 5.69 Å². The Labute approximate surface area is 121 Å². The summed E-state index contributed by atoms with van der Waals surface area (Å²) < 4.78 is 0. The van der Waals surface area contributed by atoms with Crippen molar-refractivity contribution >= 4 is 11.7 Å². The highest BCUT2D eigenvalue weighted by Gasteiger charge is 2.20. The molecule has 0 amide bonds. The first-order chi connectivity index (χ1) is 10.0. The van der Waals surface area contributed by atoms with Crippen LogP contribution in [0, 0.1) is 10.1 Å². The maximum atomic E-state index is 11.0. The number of nitro benzene ring substituents is 1. The Hall–Kier alpha value is -2.95. The van der Waals surface area contributed by atoms with Crippen LogP contribution >= 0.6 is 0 Å². The highest BCUT2D eigenvalue weighted by molar-refractivity contribution is 5.93. The first-order valence-corrected chi connectivity index (χ1v) is 6.25. The third-order valence-electron chi connectivity index (χ3n) is 3.09. The Kier molecular flexibility index (Phi) is 4.13. The van der Waals surface area contributed by atoms with Crippen LogP contribution in [0.1, 0.15) is 15.9 Å². The quantitative estimate of drug-likeness (QED) is 0.515. The van der Waals surface area contributed by atoms with Gasteiger partial charge in [-0.1, -0.05) is 36.4 Å². The lowest BCUT2D eigenvalue weighted by Gasteiger charge is -2.05. The van der Waals surface area contributed by atoms with E-state index in [9.17, 15) is 14.9 Å². The molecule has 0 unspecified atom stereocenters. The lowest BCUT2D eigenvalue weighted by atomic mass is 10.0. The number of hydrogen-bond acceptors (Lipinski definition) is 3. The van der Waals surface area contributed by atoms with Crippen molar-refractivity contribution in [1.82, 2.24) is 0 Å². The molecule has 0 aliphatic heterocycles. The van der Waals surface area contributed by atoms with E-state index in [-0.39, 0.29) is 5.56 Å². The monoisotopic (exact) mass is 283 g/mol. The summed E-state index contributed by atoms with van der Waals surface area (Å²) in [6.45, 7) is 3.66. The molecule has 0 aliphatic rings. The van der Waals surface area contributed by atoms with Gasteiger partial charge in [0.1, 0.15) is 5.56 Å². The summed E-state index contributed by atoms with van der Waals surface area (Å²) in [5.41, 5.74) is 1.77. The van der Waals surface area contributed by atoms with Gasteiger partial charge in [-0.2, -0.15) is 0 Å². The van der Waals surface area contributed by atoms with Crippen molar-refractivity contribution in [2.45, 2.75) is 6.42 Å². The van der Waals surface area contributed by atoms with Crippen LogP contribution in [0.5, 0.6) is 0 Å². The van der Waals surface area contributed by atoms with E-state index in [0.29, 0.717) is 5.56 Å². The van der Waals surface area contributed by atoms with Gasteiger partial charge in [0.25, 0.3) is 5.69 Å². The number of nitro groups is 1. The summed E-state index contributed by atoms with van der Waals surface area (Å²) in [4.78, 5) is 21.3. The molecule has 2 aromatic rings. The molecular weight excluding hydrogens is 270 g/mol. The van der Waals surface area contributed by atoms with E-state index in [4.69, 9.17) is 5.11 Å². The Morgan fingerprint density at radius 2 is 1.81 bits per heavy atom. The predicted octanol–water partition coefficient (Wildman–Crippen LogP) is 3.69. The molecule has 0 bridgehead atoms. The van der Waals surface area contributed by atoms with Crippen molar-refractivity contribution in [1.29, 1.82) is 0 Å². The van der Waals surface area contributed by atoms with Crippen LogP contribution in [0.25, 0.3) is 11.1 Å². The average Bonchev–Trinajstić information content (AvgIpc) is 2.47. The van der Waals surface area contributed by atoms with Gasteiger partial charge in [0.2, 0.25) is 0 Å². The van der Waals surface area contributed by atoms with E-state index in [1.165, 1.54) is 12.1 Å². The van der Waals surface area contributed by atoms with Gasteiger partial charge in [0.05, 0.1) is 4.92 Å². The van der Waals surface area contributed by atoms with Gasteiger partial charge in [-0.15, -0.1) is 6.58 Å². The number of allylic oxidation sites excluding steroid dienone is 1. The number of nitrogens with zero attached hydrogens (tertiary/aromatic N) is 1. The minimum atomic E-state index is -1.31. The van der Waals surface area contributed by atoms with Crippen molar-refractivity contribution in [3.8, 4) is 11.1 Å². The smallest absolute Gasteiger partial charge is 0.342 e. The molecule has 1 N–H and O–H groups in total. The maximum Gasteiger partial charge on any atom is 0.342 e. The fraction of sp³-hybridized carbons (Fsp3) is 0.0625. The third-order valence-corrected chi connectivity index (χ3v) is 3.09. The number of carbonyl (C=O) groups is 1. The topological polar surface area (TPSA) is 80.4 Å². The second-order valence-corrected chi connectivity index (χ2v) is 4.48. The molecule has 5 nitrogen and oxygen atoms in total. The van der Waals surface area contributed by atoms with Gasteiger partial charge in [-0.3, -0.25) is 10.1 Å². The van der Waals surface area contributed by atoms with Gasteiger partial charge < -0.3 is 5.11 Å². The maximum absolute atomic E-state index is 11.0. The molecule has 0 saturated heterocycles. The summed E-state index contributed by atoms with van der Waals surface area (Å²) in [5, 5.41) is 19.9. The highest BCUT2D eigenvalue weighted by atomic mass is 16.6. The van der Waals surface area contributed by atoms with E-state index >= 15 is 0 Å². The standard InChI is InChI=1S/C16H13NO4/c1-2-3-11-4-6-12(7-5-11)13-8-9-14(16(18)19)15(10-13)17(20)21/h2,4-10H,1,3H2,(H,18,19). The first-order valence-electron chi connectivity index (χ1n) is 6.25. The molecule has 0 atom stereocenters. The second-order valence-electron chi connectivity index (χ2n) is 4.48. The van der Waals surface area contributed by atoms with Crippen molar-refractivity contribution in [3.63, 3.8) is 0 Å². The molecule has 0 saturated carbocycles. The molecule has 106 valence electrons. The van der Waals surface area contributed by atoms with Crippen LogP contribution in [0.3, 0.4) is 0 Å². The number of carboxylic acids is 1. The summed E-state index contributed by atoms with van der Waals surface area (Å²) >= 11 is 0. The minimum Gasteiger partial charge on any atom is -0.477 e. The number of benzene rings is 2. The second kappa shape index (κ2) is 6.00. The van der Waals surface area contributed by atoms with E-state index < -0.39 is 16.6 Å². The van der Waals surface area contributed by atoms with E-state index in [0.717, 1.165) is 17.5 Å². The molecule has 0 spiro atoms. The zero-order valence-electron chi connectivity index (χ0n) is 11.2. The number of aromatic carboxylic acids is 1. The van der Waals surface area contributed by atoms with Crippen LogP contribution in [0.15, 0.2) is 55.1 Å². The molecule has 21 heavy (non-hydrogen) atoms. The van der Waals surface area contributed by atoms with E-state index in [1.54, 1.807) is 12.1 Å². The van der Waals surface area contributed by atoms with Crippen molar-refractivity contribution < 1.29 is 14.8 Å². The first kappa shape index (κ1) is 14.5. The Morgan fingerprint density at radius 3 is 2.33 bits per heavy atom. The SMILES string of the molecule is C=CCc1ccc(-c2ccc(C(=O)O)c([N+](=O)[O-])c2)cc1. The molecule has 0 heterocycles. The van der Waals surface area contributed by atoms with Crippen LogP contribution in [-0.2, 0) is 6.42 Å². The van der Waals surface area contributed by atoms with Gasteiger partial charge in [-0.25, -0.2) is 4.79 Å². The van der Waals surface area contributed by atoms with E-state index in [1.807, 2.05) is 24.3 Å². The normalized spacial score (nSPS) is 10.1. The van der Waals surface area contributed by atoms with Crippen molar-refractivity contribution in [2.24, 2.45) is 0 Å². The number of hydrogen-bond donors (Lipinski definition) is 1. The van der Waals surface area contributed by atoms with Crippen molar-refractivity contribution in [3.05, 3.63) is 76.4 Å². The zero-order chi connectivity index (χ0) is 15.4. The molecule has 5 heteroatoms. The van der Waals surface area contributed by atoms with Gasteiger partial charge >= 0.3 is 5.97 Å².